The summed E-state index contributed by atoms with van der Waals surface area (Å²) in [6, 6.07) is -0.131. The fourth-order valence-electron chi connectivity index (χ4n) is 2.89. The van der Waals surface area contributed by atoms with Gasteiger partial charge in [-0.05, 0) is 31.6 Å². The fourth-order valence-corrected chi connectivity index (χ4v) is 4.28. The van der Waals surface area contributed by atoms with E-state index in [1.807, 2.05) is 0 Å². The number of sulfonamides is 1. The second kappa shape index (κ2) is 6.57. The highest BCUT2D eigenvalue weighted by atomic mass is 32.2. The molecule has 1 heterocycles. The van der Waals surface area contributed by atoms with E-state index in [1.165, 1.54) is 6.42 Å². The number of hydrogen-bond acceptors (Lipinski definition) is 4. The van der Waals surface area contributed by atoms with Crippen molar-refractivity contribution in [3.8, 4) is 0 Å². The van der Waals surface area contributed by atoms with Crippen molar-refractivity contribution in [3.63, 3.8) is 0 Å². The van der Waals surface area contributed by atoms with Gasteiger partial charge in [0.25, 0.3) is 10.0 Å². The van der Waals surface area contributed by atoms with Crippen LogP contribution in [0.3, 0.4) is 0 Å². The predicted molar refractivity (Wildman–Crippen MR) is 76.5 cm³/mol. The Morgan fingerprint density at radius 3 is 2.67 bits per heavy atom. The van der Waals surface area contributed by atoms with Gasteiger partial charge in [-0.25, -0.2) is 17.9 Å². The number of hydrogen-bond donors (Lipinski definition) is 3. The first-order valence-electron chi connectivity index (χ1n) is 7.23. The Morgan fingerprint density at radius 1 is 1.43 bits per heavy atom. The molecule has 0 spiro atoms. The average molecular weight is 315 g/mol. The minimum atomic E-state index is -3.87. The van der Waals surface area contributed by atoms with Crippen molar-refractivity contribution in [1.29, 1.82) is 0 Å². The van der Waals surface area contributed by atoms with Crippen LogP contribution in [0.2, 0.25) is 0 Å². The number of carboxylic acids is 1. The second-order valence-electron chi connectivity index (χ2n) is 5.55. The zero-order chi connectivity index (χ0) is 15.5. The van der Waals surface area contributed by atoms with Gasteiger partial charge in [-0.3, -0.25) is 5.10 Å². The molecule has 0 amide bonds. The molecule has 1 aliphatic rings. The van der Waals surface area contributed by atoms with E-state index in [1.54, 1.807) is 0 Å². The quantitative estimate of drug-likeness (QED) is 0.740. The van der Waals surface area contributed by atoms with Crippen molar-refractivity contribution in [2.75, 3.05) is 0 Å². The highest BCUT2D eigenvalue weighted by Crippen LogP contribution is 2.28. The third-order valence-corrected chi connectivity index (χ3v) is 5.46. The van der Waals surface area contributed by atoms with Crippen LogP contribution in [0, 0.1) is 5.92 Å². The standard InChI is InChI=1S/C13H21N3O4S/c1-2-3-9-4-6-10(7-5-9)16-21(19,20)12-11(13(17)18)8-14-15-12/h8-10,16H,2-7H2,1H3,(H,14,15)(H,17,18). The van der Waals surface area contributed by atoms with E-state index in [0.717, 1.165) is 38.3 Å². The van der Waals surface area contributed by atoms with Gasteiger partial charge in [0.2, 0.25) is 0 Å². The molecule has 21 heavy (non-hydrogen) atoms. The van der Waals surface area contributed by atoms with Gasteiger partial charge in [0.15, 0.2) is 5.03 Å². The molecule has 0 saturated heterocycles. The minimum absolute atomic E-state index is 0.131. The number of aromatic carboxylic acids is 1. The van der Waals surface area contributed by atoms with E-state index in [0.29, 0.717) is 5.92 Å². The van der Waals surface area contributed by atoms with Crippen LogP contribution in [0.25, 0.3) is 0 Å². The smallest absolute Gasteiger partial charge is 0.340 e. The molecule has 3 N–H and O–H groups in total. The maximum absolute atomic E-state index is 12.2. The summed E-state index contributed by atoms with van der Waals surface area (Å²) >= 11 is 0. The Morgan fingerprint density at radius 2 is 2.10 bits per heavy atom. The van der Waals surface area contributed by atoms with Crippen LogP contribution < -0.4 is 4.72 Å². The SMILES string of the molecule is CCCC1CCC(NS(=O)(=O)c2[nH]ncc2C(=O)O)CC1. The Bertz CT molecular complexity index is 588. The molecule has 1 aliphatic carbocycles. The zero-order valence-electron chi connectivity index (χ0n) is 12.0. The molecule has 1 aromatic heterocycles. The summed E-state index contributed by atoms with van der Waals surface area (Å²) in [4.78, 5) is 11.0. The molecule has 1 saturated carbocycles. The molecular formula is C13H21N3O4S. The monoisotopic (exact) mass is 315 g/mol. The Balaban J connectivity index is 2.02. The summed E-state index contributed by atoms with van der Waals surface area (Å²) in [6.45, 7) is 2.15. The van der Waals surface area contributed by atoms with E-state index >= 15 is 0 Å². The highest BCUT2D eigenvalue weighted by Gasteiger charge is 2.29. The third kappa shape index (κ3) is 3.82. The summed E-state index contributed by atoms with van der Waals surface area (Å²) < 4.78 is 27.1. The third-order valence-electron chi connectivity index (χ3n) is 3.97. The van der Waals surface area contributed by atoms with Crippen LogP contribution in [0.1, 0.15) is 55.8 Å². The van der Waals surface area contributed by atoms with E-state index in [9.17, 15) is 13.2 Å². The normalized spacial score (nSPS) is 23.1. The number of aromatic amines is 1. The molecule has 7 nitrogen and oxygen atoms in total. The van der Waals surface area contributed by atoms with Crippen LogP contribution in [0.5, 0.6) is 0 Å². The predicted octanol–water partition coefficient (Wildman–Crippen LogP) is 1.75. The molecule has 0 radical (unpaired) electrons. The largest absolute Gasteiger partial charge is 0.478 e. The van der Waals surface area contributed by atoms with Crippen molar-refractivity contribution >= 4 is 16.0 Å². The van der Waals surface area contributed by atoms with Gasteiger partial charge in [-0.1, -0.05) is 19.8 Å². The van der Waals surface area contributed by atoms with Gasteiger partial charge in [0.05, 0.1) is 6.20 Å². The summed E-state index contributed by atoms with van der Waals surface area (Å²) in [5.41, 5.74) is -0.331. The van der Waals surface area contributed by atoms with E-state index in [2.05, 4.69) is 21.8 Å². The molecule has 0 aliphatic heterocycles. The Kier molecular flexibility index (Phi) is 5.00. The zero-order valence-corrected chi connectivity index (χ0v) is 12.8. The lowest BCUT2D eigenvalue weighted by Crippen LogP contribution is -2.38. The number of nitrogens with zero attached hydrogens (tertiary/aromatic N) is 1. The summed E-state index contributed by atoms with van der Waals surface area (Å²) in [5, 5.41) is 14.4. The van der Waals surface area contributed by atoms with Crippen LogP contribution in [0.4, 0.5) is 0 Å². The first kappa shape index (κ1) is 16.0. The lowest BCUT2D eigenvalue weighted by Gasteiger charge is -2.28. The number of nitrogens with one attached hydrogen (secondary N) is 2. The maximum atomic E-state index is 12.2. The molecule has 0 bridgehead atoms. The highest BCUT2D eigenvalue weighted by molar-refractivity contribution is 7.89. The van der Waals surface area contributed by atoms with Gasteiger partial charge in [0, 0.05) is 6.04 Å². The average Bonchev–Trinajstić information content (AvgIpc) is 2.91. The van der Waals surface area contributed by atoms with Crippen LogP contribution in [0.15, 0.2) is 11.2 Å². The molecule has 8 heteroatoms. The fraction of sp³-hybridized carbons (Fsp3) is 0.692. The first-order chi connectivity index (χ1) is 9.94. The van der Waals surface area contributed by atoms with Crippen molar-refractivity contribution in [2.24, 2.45) is 5.92 Å². The van der Waals surface area contributed by atoms with Gasteiger partial charge in [0.1, 0.15) is 5.56 Å². The van der Waals surface area contributed by atoms with Crippen molar-refractivity contribution in [2.45, 2.75) is 56.5 Å². The van der Waals surface area contributed by atoms with Gasteiger partial charge < -0.3 is 5.11 Å². The number of H-pyrrole nitrogens is 1. The van der Waals surface area contributed by atoms with Crippen LogP contribution in [-0.4, -0.2) is 35.7 Å². The molecule has 0 aromatic carbocycles. The van der Waals surface area contributed by atoms with E-state index < -0.39 is 16.0 Å². The molecule has 1 fully saturated rings. The molecule has 2 rings (SSSR count). The number of aromatic nitrogens is 2. The summed E-state index contributed by atoms with van der Waals surface area (Å²) in [5.74, 6) is -0.631. The van der Waals surface area contributed by atoms with Gasteiger partial charge >= 0.3 is 5.97 Å². The number of carboxylic acid groups (broad SMARTS) is 1. The number of rotatable bonds is 6. The Hall–Kier alpha value is -1.41. The maximum Gasteiger partial charge on any atom is 0.340 e. The summed E-state index contributed by atoms with van der Waals surface area (Å²) in [7, 11) is -3.87. The molecular weight excluding hydrogens is 294 g/mol. The molecule has 118 valence electrons. The van der Waals surface area contributed by atoms with Gasteiger partial charge in [-0.15, -0.1) is 0 Å². The second-order valence-corrected chi connectivity index (χ2v) is 7.20. The lowest BCUT2D eigenvalue weighted by molar-refractivity contribution is 0.0692. The van der Waals surface area contributed by atoms with E-state index in [-0.39, 0.29) is 16.6 Å². The van der Waals surface area contributed by atoms with Crippen molar-refractivity contribution in [3.05, 3.63) is 11.8 Å². The molecule has 0 unspecified atom stereocenters. The van der Waals surface area contributed by atoms with Crippen molar-refractivity contribution < 1.29 is 18.3 Å². The molecule has 0 atom stereocenters. The van der Waals surface area contributed by atoms with Crippen LogP contribution in [-0.2, 0) is 10.0 Å². The van der Waals surface area contributed by atoms with Crippen molar-refractivity contribution in [1.82, 2.24) is 14.9 Å². The molecule has 1 aromatic rings. The first-order valence-corrected chi connectivity index (χ1v) is 8.71. The van der Waals surface area contributed by atoms with Gasteiger partial charge in [-0.2, -0.15) is 5.10 Å². The summed E-state index contributed by atoms with van der Waals surface area (Å²) in [6.07, 6.45) is 6.95. The lowest BCUT2D eigenvalue weighted by atomic mass is 9.84. The topological polar surface area (TPSA) is 112 Å². The minimum Gasteiger partial charge on any atom is -0.478 e. The van der Waals surface area contributed by atoms with E-state index in [4.69, 9.17) is 5.11 Å². The number of carbonyl (C=O) groups is 1. The Labute approximate surface area is 124 Å². The van der Waals surface area contributed by atoms with Crippen LogP contribution >= 0.6 is 0 Å².